The summed E-state index contributed by atoms with van der Waals surface area (Å²) < 4.78 is 18.5. The van der Waals surface area contributed by atoms with Crippen molar-refractivity contribution < 1.29 is 19.7 Å². The molecule has 2 aromatic heterocycles. The lowest BCUT2D eigenvalue weighted by Crippen LogP contribution is -2.17. The highest BCUT2D eigenvalue weighted by Gasteiger charge is 2.29. The molecule has 72 heavy (non-hydrogen) atoms. The monoisotopic (exact) mass is 1030 g/mol. The van der Waals surface area contributed by atoms with Crippen molar-refractivity contribution in [1.82, 2.24) is 9.97 Å². The van der Waals surface area contributed by atoms with Gasteiger partial charge < -0.3 is 19.7 Å². The van der Waals surface area contributed by atoms with E-state index in [9.17, 15) is 10.2 Å². The fourth-order valence-electron chi connectivity index (χ4n) is 9.39. The number of phenolic OH excluding ortho intramolecular Hbond substituents is 2. The van der Waals surface area contributed by atoms with E-state index < -0.39 is 0 Å². The van der Waals surface area contributed by atoms with Gasteiger partial charge in [0.1, 0.15) is 23.0 Å². The molecule has 0 unspecified atom stereocenters. The van der Waals surface area contributed by atoms with Gasteiger partial charge in [0.15, 0.2) is 8.68 Å². The molecule has 8 aromatic rings. The number of aromatic nitrogens is 2. The number of benzene rings is 6. The van der Waals surface area contributed by atoms with E-state index in [1.54, 1.807) is 46.2 Å². The van der Waals surface area contributed by atoms with Crippen molar-refractivity contribution in [2.75, 3.05) is 24.7 Å². The van der Waals surface area contributed by atoms with E-state index in [2.05, 4.69) is 168 Å². The summed E-state index contributed by atoms with van der Waals surface area (Å²) in [5.74, 6) is 3.64. The van der Waals surface area contributed by atoms with Crippen LogP contribution in [0.2, 0.25) is 0 Å². The molecule has 0 saturated heterocycles. The SMILES string of the molecule is CC(C)(C)c1cc2c(O)c(c1)Cc1cc(C(C)(C)C)cc(c1OCCSc1nc3ccccc3s1)Cc1cc(C(C)(C)C)cc(c1O)Cc1cc(C(C)(C)C)cc(c1OCCSc1nc3ccccc3s1)C2. The fourth-order valence-corrected chi connectivity index (χ4v) is 13.3. The molecule has 0 spiro atoms. The minimum absolute atomic E-state index is 0.191. The summed E-state index contributed by atoms with van der Waals surface area (Å²) in [7, 11) is 0. The highest BCUT2D eigenvalue weighted by molar-refractivity contribution is 8.01. The van der Waals surface area contributed by atoms with Crippen LogP contribution in [0.1, 0.15) is 150 Å². The van der Waals surface area contributed by atoms with E-state index in [4.69, 9.17) is 19.4 Å². The minimum atomic E-state index is -0.200. The second-order valence-electron chi connectivity index (χ2n) is 23.5. The van der Waals surface area contributed by atoms with Gasteiger partial charge >= 0.3 is 0 Å². The molecule has 2 N–H and O–H groups in total. The Kier molecular flexibility index (Phi) is 14.7. The maximum atomic E-state index is 12.8. The van der Waals surface area contributed by atoms with E-state index >= 15 is 0 Å². The van der Waals surface area contributed by atoms with Crippen LogP contribution >= 0.6 is 46.2 Å². The smallest absolute Gasteiger partial charge is 0.151 e. The van der Waals surface area contributed by atoms with Gasteiger partial charge in [-0.05, 0) is 113 Å². The Hall–Kier alpha value is -5.00. The van der Waals surface area contributed by atoms with Crippen LogP contribution < -0.4 is 9.47 Å². The molecule has 10 heteroatoms. The van der Waals surface area contributed by atoms with Crippen LogP contribution in [0, 0.1) is 0 Å². The van der Waals surface area contributed by atoms with Gasteiger partial charge in [-0.15, -0.1) is 22.7 Å². The molecule has 2 heterocycles. The predicted molar refractivity (Wildman–Crippen MR) is 307 cm³/mol. The molecule has 6 aromatic carbocycles. The first kappa shape index (κ1) is 51.9. The van der Waals surface area contributed by atoms with Crippen molar-refractivity contribution in [3.05, 3.63) is 164 Å². The van der Waals surface area contributed by atoms with Crippen molar-refractivity contribution >= 4 is 66.6 Å². The standard InChI is InChI=1S/C62H70N2O4S4/c1-59(2,3)45-29-37-25-41-33-47(61(7,8)9)35-43(55(41)67-21-23-69-57-63-49-17-13-15-19-51(49)71-57)27-39-31-46(60(4,5)6)32-40(54(39)66)28-44-36-48(62(10,11)12)34-42(26-38(30-45)53(37)65)56(44)68-22-24-70-58-64-50-18-14-16-20-52(50)72-58/h13-20,29-36,65-66H,21-28H2,1-12H3. The Labute approximate surface area is 444 Å². The maximum absolute atomic E-state index is 12.8. The van der Waals surface area contributed by atoms with E-state index in [0.29, 0.717) is 61.9 Å². The number of thioether (sulfide) groups is 2. The number of para-hydroxylation sites is 2. The first-order valence-corrected chi connectivity index (χ1v) is 28.8. The van der Waals surface area contributed by atoms with Crippen molar-refractivity contribution in [2.45, 2.75) is 139 Å². The van der Waals surface area contributed by atoms with Crippen LogP contribution in [0.15, 0.2) is 106 Å². The summed E-state index contributed by atoms with van der Waals surface area (Å²) in [5, 5.41) is 25.5. The van der Waals surface area contributed by atoms with Crippen LogP contribution in [0.3, 0.4) is 0 Å². The lowest BCUT2D eigenvalue weighted by Gasteiger charge is -2.28. The van der Waals surface area contributed by atoms with Crippen molar-refractivity contribution in [3.8, 4) is 23.0 Å². The molecule has 0 saturated carbocycles. The molecule has 376 valence electrons. The second kappa shape index (κ2) is 20.4. The third kappa shape index (κ3) is 11.7. The quantitative estimate of drug-likeness (QED) is 0.104. The molecule has 0 aliphatic heterocycles. The zero-order valence-electron chi connectivity index (χ0n) is 44.1. The number of phenols is 2. The fraction of sp³-hybridized carbons (Fsp3) is 0.387. The molecular weight excluding hydrogens is 965 g/mol. The average Bonchev–Trinajstić information content (AvgIpc) is 3.92. The van der Waals surface area contributed by atoms with Crippen LogP contribution in [0.25, 0.3) is 20.4 Å². The third-order valence-corrected chi connectivity index (χ3v) is 18.0. The summed E-state index contributed by atoms with van der Waals surface area (Å²) in [6.07, 6.45) is 1.83. The topological polar surface area (TPSA) is 84.7 Å². The second-order valence-corrected chi connectivity index (χ2v) is 28.3. The number of nitrogens with zero attached hydrogens (tertiary/aromatic N) is 2. The van der Waals surface area contributed by atoms with Gasteiger partial charge in [-0.25, -0.2) is 9.97 Å². The van der Waals surface area contributed by atoms with Crippen molar-refractivity contribution in [2.24, 2.45) is 0 Å². The molecule has 0 radical (unpaired) electrons. The molecule has 0 atom stereocenters. The summed E-state index contributed by atoms with van der Waals surface area (Å²) in [5.41, 5.74) is 13.4. The van der Waals surface area contributed by atoms with Gasteiger partial charge in [-0.3, -0.25) is 0 Å². The van der Waals surface area contributed by atoms with Gasteiger partial charge in [-0.1, -0.05) is 179 Å². The van der Waals surface area contributed by atoms with Gasteiger partial charge in [0.2, 0.25) is 0 Å². The van der Waals surface area contributed by atoms with Gasteiger partial charge in [-0.2, -0.15) is 0 Å². The minimum Gasteiger partial charge on any atom is -0.507 e. The van der Waals surface area contributed by atoms with E-state index in [0.717, 1.165) is 86.8 Å². The largest absolute Gasteiger partial charge is 0.507 e. The first-order valence-electron chi connectivity index (χ1n) is 25.2. The Balaban J connectivity index is 1.20. The number of fused-ring (bicyclic) bond motifs is 10. The third-order valence-electron chi connectivity index (χ3n) is 13.7. The zero-order valence-corrected chi connectivity index (χ0v) is 47.4. The lowest BCUT2D eigenvalue weighted by molar-refractivity contribution is 0.336. The molecular formula is C62H70N2O4S4. The molecule has 9 rings (SSSR count). The van der Waals surface area contributed by atoms with Crippen LogP contribution in [-0.2, 0) is 47.3 Å². The Morgan fingerprint density at radius 1 is 0.431 bits per heavy atom. The maximum Gasteiger partial charge on any atom is 0.151 e. The number of thiazole rings is 2. The number of aromatic hydroxyl groups is 2. The lowest BCUT2D eigenvalue weighted by atomic mass is 9.79. The van der Waals surface area contributed by atoms with Crippen molar-refractivity contribution in [3.63, 3.8) is 0 Å². The highest BCUT2D eigenvalue weighted by Crippen LogP contribution is 2.44. The summed E-state index contributed by atoms with van der Waals surface area (Å²) >= 11 is 6.85. The van der Waals surface area contributed by atoms with Gasteiger partial charge in [0.05, 0.1) is 33.6 Å². The summed E-state index contributed by atoms with van der Waals surface area (Å²) in [4.78, 5) is 9.78. The van der Waals surface area contributed by atoms with Crippen LogP contribution in [0.5, 0.6) is 23.0 Å². The molecule has 8 bridgehead atoms. The van der Waals surface area contributed by atoms with E-state index in [1.165, 1.54) is 20.5 Å². The average molecular weight is 1040 g/mol. The Morgan fingerprint density at radius 3 is 0.986 bits per heavy atom. The number of ether oxygens (including phenoxy) is 2. The van der Waals surface area contributed by atoms with Crippen molar-refractivity contribution in [1.29, 1.82) is 0 Å². The Morgan fingerprint density at radius 2 is 0.708 bits per heavy atom. The van der Waals surface area contributed by atoms with Gasteiger partial charge in [0.25, 0.3) is 0 Å². The Bertz CT molecular complexity index is 2900. The van der Waals surface area contributed by atoms with E-state index in [-0.39, 0.29) is 21.7 Å². The molecule has 0 fully saturated rings. The first-order chi connectivity index (χ1) is 34.0. The van der Waals surface area contributed by atoms with Crippen LogP contribution in [0.4, 0.5) is 0 Å². The highest BCUT2D eigenvalue weighted by atomic mass is 32.2. The normalized spacial score (nSPS) is 13.5. The zero-order chi connectivity index (χ0) is 51.3. The number of hydrogen-bond donors (Lipinski definition) is 2. The van der Waals surface area contributed by atoms with Gasteiger partial charge in [0, 0.05) is 37.2 Å². The van der Waals surface area contributed by atoms with Crippen LogP contribution in [-0.4, -0.2) is 44.9 Å². The summed E-state index contributed by atoms with van der Waals surface area (Å²) in [6, 6.07) is 34.5. The van der Waals surface area contributed by atoms with E-state index in [1.807, 2.05) is 12.1 Å². The molecule has 0 amide bonds. The summed E-state index contributed by atoms with van der Waals surface area (Å²) in [6.45, 7) is 27.9. The number of hydrogen-bond acceptors (Lipinski definition) is 10. The number of rotatable bonds is 10. The molecule has 6 nitrogen and oxygen atoms in total. The molecule has 1 aliphatic carbocycles. The predicted octanol–water partition coefficient (Wildman–Crippen LogP) is 16.5. The molecule has 1 aliphatic rings.